The van der Waals surface area contributed by atoms with Crippen molar-refractivity contribution in [2.24, 2.45) is 17.8 Å². The van der Waals surface area contributed by atoms with Gasteiger partial charge in [-0.05, 0) is 31.8 Å². The fraction of sp³-hybridized carbons (Fsp3) is 0.714. The predicted molar refractivity (Wildman–Crippen MR) is 146 cm³/mol. The third kappa shape index (κ3) is 5.41. The van der Waals surface area contributed by atoms with Crippen molar-refractivity contribution >= 4 is 39.6 Å². The highest BCUT2D eigenvalue weighted by molar-refractivity contribution is 9.11. The minimum absolute atomic E-state index is 0.144. The van der Waals surface area contributed by atoms with E-state index in [1.807, 2.05) is 32.9 Å². The summed E-state index contributed by atoms with van der Waals surface area (Å²) in [5.41, 5.74) is -1.37. The van der Waals surface area contributed by atoms with Gasteiger partial charge in [0.2, 0.25) is 17.7 Å². The molecule has 0 aromatic carbocycles. The average Bonchev–Trinajstić information content (AvgIpc) is 3.47. The number of cyclic esters (lactones) is 1. The maximum atomic E-state index is 14.4. The average molecular weight is 611 g/mol. The fourth-order valence-corrected chi connectivity index (χ4v) is 6.93. The maximum absolute atomic E-state index is 14.4. The third-order valence-corrected chi connectivity index (χ3v) is 8.89. The summed E-state index contributed by atoms with van der Waals surface area (Å²) in [6.07, 6.45) is 6.54. The van der Waals surface area contributed by atoms with Crippen LogP contribution in [-0.2, 0) is 28.7 Å². The number of rotatable bonds is 6. The predicted octanol–water partition coefficient (Wildman–Crippen LogP) is 1.90. The number of ether oxygens (including phenoxy) is 2. The number of nitrogens with one attached hydrogen (secondary N) is 1. The van der Waals surface area contributed by atoms with Crippen molar-refractivity contribution in [2.45, 2.75) is 83.3 Å². The van der Waals surface area contributed by atoms with Crippen LogP contribution in [0.3, 0.4) is 0 Å². The smallest absolute Gasteiger partial charge is 0.313 e. The summed E-state index contributed by atoms with van der Waals surface area (Å²) in [6, 6.07) is -1.69. The molecular formula is C28H40BrN3O7. The van der Waals surface area contributed by atoms with E-state index in [-0.39, 0.29) is 37.3 Å². The Labute approximate surface area is 238 Å². The largest absolute Gasteiger partial charge is 0.460 e. The number of carbonyl (C=O) groups excluding carboxylic acids is 4. The number of carbonyl (C=O) groups is 4. The van der Waals surface area contributed by atoms with Gasteiger partial charge in [0, 0.05) is 24.0 Å². The van der Waals surface area contributed by atoms with Crippen molar-refractivity contribution in [2.75, 3.05) is 26.2 Å². The van der Waals surface area contributed by atoms with Crippen molar-refractivity contribution in [3.63, 3.8) is 0 Å². The first-order valence-corrected chi connectivity index (χ1v) is 14.8. The van der Waals surface area contributed by atoms with Gasteiger partial charge in [-0.1, -0.05) is 55.3 Å². The minimum Gasteiger partial charge on any atom is -0.460 e. The summed E-state index contributed by atoms with van der Waals surface area (Å²) >= 11 is 3.54. The Bertz CT molecular complexity index is 1050. The Morgan fingerprint density at radius 3 is 2.62 bits per heavy atom. The van der Waals surface area contributed by atoms with Crippen LogP contribution in [0.15, 0.2) is 22.7 Å². The van der Waals surface area contributed by atoms with Crippen LogP contribution in [0, 0.1) is 17.8 Å². The normalized spacial score (nSPS) is 35.2. The highest BCUT2D eigenvalue weighted by atomic mass is 79.9. The lowest BCUT2D eigenvalue weighted by Gasteiger charge is -2.40. The van der Waals surface area contributed by atoms with Gasteiger partial charge in [0.15, 0.2) is 0 Å². The molecule has 0 aromatic rings. The molecule has 4 aliphatic rings. The van der Waals surface area contributed by atoms with E-state index in [2.05, 4.69) is 21.2 Å². The number of halogens is 1. The highest BCUT2D eigenvalue weighted by Gasteiger charge is 2.75. The molecule has 11 heteroatoms. The van der Waals surface area contributed by atoms with E-state index in [9.17, 15) is 24.3 Å². The molecule has 0 saturated carbocycles. The van der Waals surface area contributed by atoms with Crippen molar-refractivity contribution in [3.05, 3.63) is 22.7 Å². The number of nitrogens with zero attached hydrogens (tertiary/aromatic N) is 2. The molecule has 39 heavy (non-hydrogen) atoms. The first-order valence-electron chi connectivity index (χ1n) is 14.0. The second-order valence-electron chi connectivity index (χ2n) is 11.3. The van der Waals surface area contributed by atoms with Gasteiger partial charge in [-0.3, -0.25) is 19.2 Å². The van der Waals surface area contributed by atoms with E-state index in [1.54, 1.807) is 17.9 Å². The van der Waals surface area contributed by atoms with Gasteiger partial charge < -0.3 is 29.7 Å². The molecule has 2 N–H and O–H groups in total. The second-order valence-corrected chi connectivity index (χ2v) is 12.2. The summed E-state index contributed by atoms with van der Waals surface area (Å²) in [6.45, 7) is 8.10. The lowest BCUT2D eigenvalue weighted by Crippen LogP contribution is -2.59. The standard InChI is InChI=1S/C28H40BrN3O7/c1-5-6-11-31-12-9-7-8-10-20(34)30-14-17(4)38-27(37)21-22-25(35)32(19(15-33)16(2)3)24(26(31)36)28(22)13-18(29)23(21)39-28/h7,9,13,16-17,19,21-24,33H,5-6,8,10-12,14-15H2,1-4H3,(H,30,34)/b9-7-/t17-,19-,21+,22-,23+,24+,28-/m0/s1. The van der Waals surface area contributed by atoms with Crippen LogP contribution in [0.4, 0.5) is 0 Å². The van der Waals surface area contributed by atoms with Crippen LogP contribution in [0.2, 0.25) is 0 Å². The highest BCUT2D eigenvalue weighted by Crippen LogP contribution is 2.59. The molecule has 10 nitrogen and oxygen atoms in total. The fourth-order valence-electron chi connectivity index (χ4n) is 6.19. The molecule has 4 rings (SSSR count). The molecule has 0 aliphatic carbocycles. The number of likely N-dealkylation sites (tertiary alicyclic amines) is 1. The lowest BCUT2D eigenvalue weighted by molar-refractivity contribution is -0.159. The molecule has 2 saturated heterocycles. The first-order chi connectivity index (χ1) is 18.6. The molecule has 0 aromatic heterocycles. The maximum Gasteiger partial charge on any atom is 0.313 e. The van der Waals surface area contributed by atoms with E-state index in [1.165, 1.54) is 4.90 Å². The molecule has 5 bridgehead atoms. The van der Waals surface area contributed by atoms with Gasteiger partial charge in [-0.2, -0.15) is 0 Å². The van der Waals surface area contributed by atoms with E-state index in [4.69, 9.17) is 9.47 Å². The topological polar surface area (TPSA) is 125 Å². The van der Waals surface area contributed by atoms with Crippen LogP contribution in [-0.4, -0.2) is 94.7 Å². The summed E-state index contributed by atoms with van der Waals surface area (Å²) in [5.74, 6) is -3.55. The first kappa shape index (κ1) is 29.7. The lowest BCUT2D eigenvalue weighted by atomic mass is 9.74. The van der Waals surface area contributed by atoms with Gasteiger partial charge in [0.1, 0.15) is 29.8 Å². The molecule has 0 radical (unpaired) electrons. The molecule has 4 heterocycles. The van der Waals surface area contributed by atoms with Gasteiger partial charge in [-0.25, -0.2) is 0 Å². The van der Waals surface area contributed by atoms with Crippen LogP contribution in [0.25, 0.3) is 0 Å². The van der Waals surface area contributed by atoms with Crippen LogP contribution in [0.5, 0.6) is 0 Å². The van der Waals surface area contributed by atoms with Crippen LogP contribution >= 0.6 is 15.9 Å². The minimum atomic E-state index is -1.37. The molecule has 3 amide bonds. The third-order valence-electron chi connectivity index (χ3n) is 8.21. The van der Waals surface area contributed by atoms with Crippen molar-refractivity contribution < 1.29 is 33.8 Å². The Balaban J connectivity index is 1.83. The van der Waals surface area contributed by atoms with Gasteiger partial charge in [0.25, 0.3) is 0 Å². The van der Waals surface area contributed by atoms with Crippen molar-refractivity contribution in [1.29, 1.82) is 0 Å². The monoisotopic (exact) mass is 609 g/mol. The van der Waals surface area contributed by atoms with E-state index >= 15 is 0 Å². The number of hydrogen-bond acceptors (Lipinski definition) is 7. The molecule has 7 atom stereocenters. The van der Waals surface area contributed by atoms with Gasteiger partial charge in [-0.15, -0.1) is 0 Å². The zero-order valence-corrected chi connectivity index (χ0v) is 24.7. The number of aliphatic hydroxyl groups excluding tert-OH is 1. The number of amides is 3. The van der Waals surface area contributed by atoms with Crippen LogP contribution in [0.1, 0.15) is 53.4 Å². The molecule has 0 unspecified atom stereocenters. The van der Waals surface area contributed by atoms with Gasteiger partial charge in [0.05, 0.1) is 25.1 Å². The quantitative estimate of drug-likeness (QED) is 0.348. The second kappa shape index (κ2) is 12.1. The Morgan fingerprint density at radius 1 is 1.21 bits per heavy atom. The van der Waals surface area contributed by atoms with Crippen LogP contribution < -0.4 is 5.32 Å². The Kier molecular flexibility index (Phi) is 9.22. The Morgan fingerprint density at radius 2 is 1.95 bits per heavy atom. The number of allylic oxidation sites excluding steroid dienone is 1. The summed E-state index contributed by atoms with van der Waals surface area (Å²) < 4.78 is 12.8. The SMILES string of the molecule is CCCCN1C/C=C\CCC(=O)NC[C@H](C)OC(=O)[C@H]2[C@@H]3O[C@@]4(C=C3Br)[C@@H]2C(=O)N([C@@H](CO)C(C)C)[C@@H]4C1=O. The number of esters is 1. The number of hydrogen-bond donors (Lipinski definition) is 2. The summed E-state index contributed by atoms with van der Waals surface area (Å²) in [5, 5.41) is 13.2. The van der Waals surface area contributed by atoms with E-state index in [0.717, 1.165) is 12.8 Å². The molecular weight excluding hydrogens is 570 g/mol. The van der Waals surface area contributed by atoms with Crippen molar-refractivity contribution in [1.82, 2.24) is 15.1 Å². The molecule has 2 fully saturated rings. The molecule has 1 spiro atoms. The van der Waals surface area contributed by atoms with E-state index < -0.39 is 53.6 Å². The Hall–Kier alpha value is -2.24. The number of fused-ring (bicyclic) bond motifs is 2. The zero-order valence-electron chi connectivity index (χ0n) is 23.1. The number of unbranched alkanes of at least 4 members (excludes halogenated alkanes) is 1. The van der Waals surface area contributed by atoms with E-state index in [0.29, 0.717) is 24.0 Å². The van der Waals surface area contributed by atoms with Gasteiger partial charge >= 0.3 is 5.97 Å². The van der Waals surface area contributed by atoms with Crippen molar-refractivity contribution in [3.8, 4) is 0 Å². The number of aliphatic hydroxyl groups is 1. The summed E-state index contributed by atoms with van der Waals surface area (Å²) in [7, 11) is 0. The molecule has 4 aliphatic heterocycles. The summed E-state index contributed by atoms with van der Waals surface area (Å²) in [4.78, 5) is 57.7. The molecule has 216 valence electrons. The zero-order chi connectivity index (χ0) is 28.5.